The molecule has 29 heavy (non-hydrogen) atoms. The number of hydrogen-bond donors (Lipinski definition) is 0. The van der Waals surface area contributed by atoms with Crippen LogP contribution in [0.1, 0.15) is 28.1 Å². The lowest BCUT2D eigenvalue weighted by molar-refractivity contribution is 0.0385. The van der Waals surface area contributed by atoms with E-state index in [1.165, 1.54) is 17.2 Å². The van der Waals surface area contributed by atoms with Crippen LogP contribution in [0.3, 0.4) is 0 Å². The van der Waals surface area contributed by atoms with Crippen LogP contribution in [-0.2, 0) is 11.4 Å². The summed E-state index contributed by atoms with van der Waals surface area (Å²) in [6, 6.07) is 17.0. The van der Waals surface area contributed by atoms with Crippen LogP contribution in [0.2, 0.25) is 5.02 Å². The van der Waals surface area contributed by atoms with E-state index < -0.39 is 0 Å². The van der Waals surface area contributed by atoms with Crippen LogP contribution in [-0.4, -0.2) is 29.2 Å². The lowest BCUT2D eigenvalue weighted by Gasteiger charge is -2.24. The fourth-order valence-electron chi connectivity index (χ4n) is 3.23. The Kier molecular flexibility index (Phi) is 5.62. The molecule has 1 aliphatic rings. The molecule has 0 saturated heterocycles. The summed E-state index contributed by atoms with van der Waals surface area (Å²) in [5, 5.41) is 4.73. The van der Waals surface area contributed by atoms with Crippen molar-refractivity contribution in [2.45, 2.75) is 19.1 Å². The van der Waals surface area contributed by atoms with Gasteiger partial charge in [0.2, 0.25) is 0 Å². The largest absolute Gasteiger partial charge is 0.459 e. The topological polar surface area (TPSA) is 55.0 Å². The van der Waals surface area contributed by atoms with Crippen molar-refractivity contribution >= 4 is 23.2 Å². The first-order valence-electron chi connectivity index (χ1n) is 9.15. The molecule has 5 nitrogen and oxygen atoms in total. The van der Waals surface area contributed by atoms with E-state index in [9.17, 15) is 9.18 Å². The van der Waals surface area contributed by atoms with Gasteiger partial charge in [-0.25, -0.2) is 4.39 Å². The number of hydrogen-bond acceptors (Lipinski definition) is 4. The lowest BCUT2D eigenvalue weighted by atomic mass is 10.0. The van der Waals surface area contributed by atoms with Gasteiger partial charge in [0.05, 0.1) is 18.5 Å². The second-order valence-corrected chi connectivity index (χ2v) is 7.11. The molecule has 7 heteroatoms. The maximum atomic E-state index is 14.2. The van der Waals surface area contributed by atoms with Crippen molar-refractivity contribution in [3.8, 4) is 0 Å². The summed E-state index contributed by atoms with van der Waals surface area (Å²) in [6.07, 6.45) is 1.55. The predicted molar refractivity (Wildman–Crippen MR) is 107 cm³/mol. The highest BCUT2D eigenvalue weighted by atomic mass is 35.5. The average Bonchev–Trinajstić information content (AvgIpc) is 3.41. The van der Waals surface area contributed by atoms with Crippen molar-refractivity contribution in [2.75, 3.05) is 6.54 Å². The van der Waals surface area contributed by atoms with E-state index >= 15 is 0 Å². The van der Waals surface area contributed by atoms with Gasteiger partial charge in [0.25, 0.3) is 5.91 Å². The van der Waals surface area contributed by atoms with Crippen LogP contribution < -0.4 is 0 Å². The summed E-state index contributed by atoms with van der Waals surface area (Å²) in [6.45, 7) is 0.318. The average molecular weight is 413 g/mol. The Morgan fingerprint density at radius 2 is 1.93 bits per heavy atom. The second kappa shape index (κ2) is 8.49. The van der Waals surface area contributed by atoms with Crippen molar-refractivity contribution in [1.29, 1.82) is 0 Å². The van der Waals surface area contributed by atoms with Crippen LogP contribution in [0.15, 0.2) is 76.5 Å². The van der Waals surface area contributed by atoms with Gasteiger partial charge in [-0.15, -0.1) is 0 Å². The third-order valence-corrected chi connectivity index (χ3v) is 5.01. The smallest absolute Gasteiger partial charge is 0.289 e. The summed E-state index contributed by atoms with van der Waals surface area (Å²) in [7, 11) is 0. The number of amides is 1. The second-order valence-electron chi connectivity index (χ2n) is 6.70. The normalized spacial score (nSPS) is 15.7. The monoisotopic (exact) mass is 412 g/mol. The molecule has 1 amide bonds. The number of oxime groups is 1. The van der Waals surface area contributed by atoms with Gasteiger partial charge in [-0.3, -0.25) is 4.79 Å². The summed E-state index contributed by atoms with van der Waals surface area (Å²) in [4.78, 5) is 20.0. The third kappa shape index (κ3) is 4.32. The van der Waals surface area contributed by atoms with Crippen molar-refractivity contribution in [2.24, 2.45) is 5.16 Å². The molecule has 0 saturated carbocycles. The molecular weight excluding hydrogens is 395 g/mol. The number of furan rings is 1. The molecule has 4 rings (SSSR count). The highest BCUT2D eigenvalue weighted by Crippen LogP contribution is 2.24. The maximum Gasteiger partial charge on any atom is 0.289 e. The third-order valence-electron chi connectivity index (χ3n) is 4.68. The van der Waals surface area contributed by atoms with Gasteiger partial charge in [0.1, 0.15) is 5.82 Å². The minimum absolute atomic E-state index is 0.0908. The first kappa shape index (κ1) is 19.2. The van der Waals surface area contributed by atoms with Crippen molar-refractivity contribution in [3.63, 3.8) is 0 Å². The maximum absolute atomic E-state index is 14.2. The van der Waals surface area contributed by atoms with Crippen LogP contribution in [0.5, 0.6) is 0 Å². The Labute approximate surface area is 172 Å². The minimum atomic E-state index is -0.370. The highest BCUT2D eigenvalue weighted by Gasteiger charge is 2.29. The quantitative estimate of drug-likeness (QED) is 0.578. The van der Waals surface area contributed by atoms with Gasteiger partial charge in [0, 0.05) is 29.1 Å². The van der Waals surface area contributed by atoms with E-state index in [1.807, 2.05) is 18.2 Å². The molecule has 1 aromatic heterocycles. The first-order chi connectivity index (χ1) is 14.1. The molecule has 0 fully saturated rings. The molecule has 0 radical (unpaired) electrons. The molecule has 0 N–H and O–H groups in total. The van der Waals surface area contributed by atoms with Crippen molar-refractivity contribution in [1.82, 2.24) is 4.90 Å². The molecule has 1 aliphatic heterocycles. The SMILES string of the molecule is O=C(c1ccco1)N(Cc1ccccc1F)C[C@H]1CC(c2ccccc2Cl)=NO1. The summed E-state index contributed by atoms with van der Waals surface area (Å²) < 4.78 is 19.4. The Morgan fingerprint density at radius 1 is 1.14 bits per heavy atom. The standard InChI is InChI=1S/C22H18ClFN2O3/c23-18-8-3-2-7-17(18)20-12-16(29-25-20)14-26(22(27)21-10-5-11-28-21)13-15-6-1-4-9-19(15)24/h1-11,16H,12-14H2/t16-/m1/s1. The highest BCUT2D eigenvalue weighted by molar-refractivity contribution is 6.34. The van der Waals surface area contributed by atoms with E-state index in [2.05, 4.69) is 5.16 Å². The minimum Gasteiger partial charge on any atom is -0.459 e. The zero-order valence-corrected chi connectivity index (χ0v) is 16.2. The molecule has 0 unspecified atom stereocenters. The van der Waals surface area contributed by atoms with Gasteiger partial charge < -0.3 is 14.2 Å². The fourth-order valence-corrected chi connectivity index (χ4v) is 3.48. The summed E-state index contributed by atoms with van der Waals surface area (Å²) >= 11 is 6.25. The number of rotatable bonds is 6. The molecule has 0 aliphatic carbocycles. The lowest BCUT2D eigenvalue weighted by Crippen LogP contribution is -2.37. The number of carbonyl (C=O) groups excluding carboxylic acids is 1. The molecule has 0 bridgehead atoms. The Hall–Kier alpha value is -3.12. The molecule has 2 heterocycles. The molecular formula is C22H18ClFN2O3. The van der Waals surface area contributed by atoms with Crippen molar-refractivity contribution < 1.29 is 18.4 Å². The Balaban J connectivity index is 1.51. The number of nitrogens with zero attached hydrogens (tertiary/aromatic N) is 2. The Morgan fingerprint density at radius 3 is 2.69 bits per heavy atom. The van der Waals surface area contributed by atoms with E-state index in [0.29, 0.717) is 17.0 Å². The number of halogens is 2. The Bertz CT molecular complexity index is 1040. The fraction of sp³-hybridized carbons (Fsp3) is 0.182. The van der Waals surface area contributed by atoms with Crippen LogP contribution >= 0.6 is 11.6 Å². The molecule has 2 aromatic carbocycles. The predicted octanol–water partition coefficient (Wildman–Crippen LogP) is 4.91. The van der Waals surface area contributed by atoms with Crippen molar-refractivity contribution in [3.05, 3.63) is 94.7 Å². The van der Waals surface area contributed by atoms with E-state index in [0.717, 1.165) is 11.3 Å². The van der Waals surface area contributed by atoms with Crippen LogP contribution in [0, 0.1) is 5.82 Å². The molecule has 148 valence electrons. The zero-order chi connectivity index (χ0) is 20.2. The van der Waals surface area contributed by atoms with Gasteiger partial charge in [-0.05, 0) is 24.3 Å². The van der Waals surface area contributed by atoms with Crippen LogP contribution in [0.25, 0.3) is 0 Å². The van der Waals surface area contributed by atoms with E-state index in [1.54, 1.807) is 36.4 Å². The van der Waals surface area contributed by atoms with E-state index in [-0.39, 0.29) is 36.7 Å². The molecule has 1 atom stereocenters. The summed E-state index contributed by atoms with van der Waals surface area (Å²) in [5.41, 5.74) is 1.93. The van der Waals surface area contributed by atoms with Crippen LogP contribution in [0.4, 0.5) is 4.39 Å². The van der Waals surface area contributed by atoms with Gasteiger partial charge in [-0.2, -0.15) is 0 Å². The van der Waals surface area contributed by atoms with Gasteiger partial charge >= 0.3 is 0 Å². The zero-order valence-electron chi connectivity index (χ0n) is 15.4. The van der Waals surface area contributed by atoms with Gasteiger partial charge in [0.15, 0.2) is 11.9 Å². The van der Waals surface area contributed by atoms with E-state index in [4.69, 9.17) is 20.9 Å². The van der Waals surface area contributed by atoms with Gasteiger partial charge in [-0.1, -0.05) is 53.2 Å². The number of carbonyl (C=O) groups is 1. The number of benzene rings is 2. The first-order valence-corrected chi connectivity index (χ1v) is 9.53. The molecule has 3 aromatic rings. The summed E-state index contributed by atoms with van der Waals surface area (Å²) in [5.74, 6) is -0.523. The molecule has 0 spiro atoms.